The van der Waals surface area contributed by atoms with Crippen LogP contribution in [0.3, 0.4) is 0 Å². The van der Waals surface area contributed by atoms with E-state index in [-0.39, 0.29) is 5.60 Å². The molecule has 0 aromatic heterocycles. The summed E-state index contributed by atoms with van der Waals surface area (Å²) in [5.41, 5.74) is 1.15. The molecule has 21 heavy (non-hydrogen) atoms. The Balaban J connectivity index is 1.65. The summed E-state index contributed by atoms with van der Waals surface area (Å²) in [4.78, 5) is 0. The minimum Gasteiger partial charge on any atom is -0.496 e. The summed E-state index contributed by atoms with van der Waals surface area (Å²) in [6.45, 7) is 2.47. The van der Waals surface area contributed by atoms with Crippen LogP contribution in [0.5, 0.6) is 5.75 Å². The number of methoxy groups -OCH3 is 1. The Morgan fingerprint density at radius 3 is 2.81 bits per heavy atom. The van der Waals surface area contributed by atoms with Crippen LogP contribution in [-0.4, -0.2) is 38.6 Å². The van der Waals surface area contributed by atoms with Gasteiger partial charge in [-0.1, -0.05) is 0 Å². The average Bonchev–Trinajstić information content (AvgIpc) is 2.48. The van der Waals surface area contributed by atoms with E-state index >= 15 is 0 Å². The normalized spacial score (nSPS) is 24.8. The molecular formula is C16H22BrNO3. The lowest BCUT2D eigenvalue weighted by Gasteiger charge is -2.43. The SMILES string of the molecule is COc1ccc(NC2CCOC3(CCOCC3)C2)cc1Br. The number of hydrogen-bond donors (Lipinski definition) is 1. The Bertz CT molecular complexity index is 483. The van der Waals surface area contributed by atoms with E-state index in [1.807, 2.05) is 6.07 Å². The van der Waals surface area contributed by atoms with Gasteiger partial charge in [0.25, 0.3) is 0 Å². The zero-order chi connectivity index (χ0) is 14.7. The van der Waals surface area contributed by atoms with Crippen LogP contribution in [0.4, 0.5) is 5.69 Å². The summed E-state index contributed by atoms with van der Waals surface area (Å²) >= 11 is 3.54. The Labute approximate surface area is 134 Å². The van der Waals surface area contributed by atoms with Crippen molar-refractivity contribution in [3.8, 4) is 5.75 Å². The van der Waals surface area contributed by atoms with Gasteiger partial charge in [-0.25, -0.2) is 0 Å². The molecule has 0 saturated carbocycles. The Morgan fingerprint density at radius 1 is 1.29 bits per heavy atom. The largest absolute Gasteiger partial charge is 0.496 e. The van der Waals surface area contributed by atoms with Crippen molar-refractivity contribution in [2.24, 2.45) is 0 Å². The maximum absolute atomic E-state index is 6.09. The van der Waals surface area contributed by atoms with Gasteiger partial charge in [0.2, 0.25) is 0 Å². The Hall–Kier alpha value is -0.780. The molecule has 0 amide bonds. The van der Waals surface area contributed by atoms with E-state index in [0.717, 1.165) is 61.4 Å². The molecule has 5 heteroatoms. The van der Waals surface area contributed by atoms with E-state index < -0.39 is 0 Å². The first-order valence-electron chi connectivity index (χ1n) is 7.53. The number of halogens is 1. The van der Waals surface area contributed by atoms with E-state index in [0.29, 0.717) is 6.04 Å². The first-order chi connectivity index (χ1) is 10.2. The van der Waals surface area contributed by atoms with Crippen molar-refractivity contribution in [3.05, 3.63) is 22.7 Å². The molecule has 0 aliphatic carbocycles. The number of rotatable bonds is 3. The maximum atomic E-state index is 6.09. The molecule has 1 N–H and O–H groups in total. The van der Waals surface area contributed by atoms with Crippen molar-refractivity contribution in [2.75, 3.05) is 32.2 Å². The smallest absolute Gasteiger partial charge is 0.133 e. The highest BCUT2D eigenvalue weighted by molar-refractivity contribution is 9.10. The van der Waals surface area contributed by atoms with Gasteiger partial charge in [-0.05, 0) is 59.8 Å². The van der Waals surface area contributed by atoms with Crippen LogP contribution >= 0.6 is 15.9 Å². The van der Waals surface area contributed by atoms with Gasteiger partial charge in [0.15, 0.2) is 0 Å². The zero-order valence-corrected chi connectivity index (χ0v) is 13.9. The highest BCUT2D eigenvalue weighted by atomic mass is 79.9. The van der Waals surface area contributed by atoms with E-state index in [1.54, 1.807) is 7.11 Å². The summed E-state index contributed by atoms with van der Waals surface area (Å²) in [5.74, 6) is 0.855. The second kappa shape index (κ2) is 6.55. The Morgan fingerprint density at radius 2 is 2.10 bits per heavy atom. The van der Waals surface area contributed by atoms with Crippen LogP contribution in [0.15, 0.2) is 22.7 Å². The molecule has 0 bridgehead atoms. The second-order valence-electron chi connectivity index (χ2n) is 5.83. The van der Waals surface area contributed by atoms with Crippen molar-refractivity contribution < 1.29 is 14.2 Å². The van der Waals surface area contributed by atoms with Crippen LogP contribution in [0, 0.1) is 0 Å². The standard InChI is InChI=1S/C16H22BrNO3/c1-19-15-3-2-12(10-14(15)17)18-13-4-7-21-16(11-13)5-8-20-9-6-16/h2-3,10,13,18H,4-9,11H2,1H3. The summed E-state index contributed by atoms with van der Waals surface area (Å²) in [6, 6.07) is 6.58. The zero-order valence-electron chi connectivity index (χ0n) is 12.4. The minimum absolute atomic E-state index is 0.0257. The number of benzene rings is 1. The van der Waals surface area contributed by atoms with Gasteiger partial charge in [0.05, 0.1) is 17.2 Å². The lowest BCUT2D eigenvalue weighted by Crippen LogP contribution is -2.47. The van der Waals surface area contributed by atoms with Gasteiger partial charge in [0.1, 0.15) is 5.75 Å². The number of nitrogens with one attached hydrogen (secondary N) is 1. The second-order valence-corrected chi connectivity index (χ2v) is 6.68. The first kappa shape index (κ1) is 15.1. The molecule has 2 aliphatic rings. The molecule has 1 unspecified atom stereocenters. The third-order valence-electron chi connectivity index (χ3n) is 4.42. The van der Waals surface area contributed by atoms with Crippen molar-refractivity contribution in [1.29, 1.82) is 0 Å². The molecule has 1 aromatic carbocycles. The van der Waals surface area contributed by atoms with Gasteiger partial charge in [-0.15, -0.1) is 0 Å². The number of ether oxygens (including phenoxy) is 3. The minimum atomic E-state index is 0.0257. The van der Waals surface area contributed by atoms with Crippen LogP contribution in [0.25, 0.3) is 0 Å². The molecule has 2 heterocycles. The Kier molecular flexibility index (Phi) is 4.72. The summed E-state index contributed by atoms with van der Waals surface area (Å²) in [6.07, 6.45) is 4.13. The molecule has 2 fully saturated rings. The fraction of sp³-hybridized carbons (Fsp3) is 0.625. The maximum Gasteiger partial charge on any atom is 0.133 e. The average molecular weight is 356 g/mol. The third-order valence-corrected chi connectivity index (χ3v) is 5.04. The monoisotopic (exact) mass is 355 g/mol. The van der Waals surface area contributed by atoms with E-state index in [4.69, 9.17) is 14.2 Å². The fourth-order valence-corrected chi connectivity index (χ4v) is 3.78. The predicted molar refractivity (Wildman–Crippen MR) is 86.1 cm³/mol. The fourth-order valence-electron chi connectivity index (χ4n) is 3.23. The molecule has 3 rings (SSSR count). The summed E-state index contributed by atoms with van der Waals surface area (Å²) in [5, 5.41) is 3.64. The highest BCUT2D eigenvalue weighted by Gasteiger charge is 2.38. The van der Waals surface area contributed by atoms with Gasteiger partial charge in [-0.3, -0.25) is 0 Å². The number of hydrogen-bond acceptors (Lipinski definition) is 4. The number of anilines is 1. The quantitative estimate of drug-likeness (QED) is 0.899. The van der Waals surface area contributed by atoms with Crippen LogP contribution in [0.2, 0.25) is 0 Å². The van der Waals surface area contributed by atoms with Gasteiger partial charge >= 0.3 is 0 Å². The molecular weight excluding hydrogens is 334 g/mol. The predicted octanol–water partition coefficient (Wildman–Crippen LogP) is 3.60. The van der Waals surface area contributed by atoms with Crippen LogP contribution in [-0.2, 0) is 9.47 Å². The van der Waals surface area contributed by atoms with Gasteiger partial charge in [0, 0.05) is 31.5 Å². The van der Waals surface area contributed by atoms with Crippen molar-refractivity contribution in [1.82, 2.24) is 0 Å². The molecule has 1 aromatic rings. The molecule has 0 radical (unpaired) electrons. The van der Waals surface area contributed by atoms with E-state index in [9.17, 15) is 0 Å². The third kappa shape index (κ3) is 3.52. The van der Waals surface area contributed by atoms with Crippen molar-refractivity contribution >= 4 is 21.6 Å². The lowest BCUT2D eigenvalue weighted by atomic mass is 9.84. The van der Waals surface area contributed by atoms with E-state index in [1.165, 1.54) is 0 Å². The van der Waals surface area contributed by atoms with Crippen molar-refractivity contribution in [2.45, 2.75) is 37.3 Å². The lowest BCUT2D eigenvalue weighted by molar-refractivity contribution is -0.135. The van der Waals surface area contributed by atoms with Crippen LogP contribution in [0.1, 0.15) is 25.7 Å². The molecule has 116 valence electrons. The van der Waals surface area contributed by atoms with Crippen LogP contribution < -0.4 is 10.1 Å². The van der Waals surface area contributed by atoms with Crippen molar-refractivity contribution in [3.63, 3.8) is 0 Å². The molecule has 2 aliphatic heterocycles. The van der Waals surface area contributed by atoms with E-state index in [2.05, 4.69) is 33.4 Å². The molecule has 1 atom stereocenters. The van der Waals surface area contributed by atoms with Gasteiger partial charge < -0.3 is 19.5 Å². The van der Waals surface area contributed by atoms with Gasteiger partial charge in [-0.2, -0.15) is 0 Å². The first-order valence-corrected chi connectivity index (χ1v) is 8.32. The molecule has 1 spiro atoms. The molecule has 2 saturated heterocycles. The summed E-state index contributed by atoms with van der Waals surface area (Å²) in [7, 11) is 1.68. The summed E-state index contributed by atoms with van der Waals surface area (Å²) < 4.78 is 17.8. The topological polar surface area (TPSA) is 39.7 Å². The highest BCUT2D eigenvalue weighted by Crippen LogP contribution is 2.36. The molecule has 4 nitrogen and oxygen atoms in total.